The third-order valence-electron chi connectivity index (χ3n) is 5.27. The fourth-order valence-electron chi connectivity index (χ4n) is 3.47. The minimum absolute atomic E-state index is 0.107. The molecule has 1 aromatic carbocycles. The average Bonchev–Trinajstić information content (AvgIpc) is 3.03. The Balaban J connectivity index is 1.49. The maximum Gasteiger partial charge on any atom is 0.231 e. The highest BCUT2D eigenvalue weighted by Crippen LogP contribution is 2.34. The molecule has 1 aromatic heterocycles. The first kappa shape index (κ1) is 17.8. The standard InChI is InChI=1S/C19H24FN3O2S/c20-15-6-2-7-16-17(15)21-19(26-16)23(18(24)14-4-1-5-14)9-3-8-22-10-12-25-13-11-22/h2,6-7,14H,1,3-5,8-13H2. The van der Waals surface area contributed by atoms with E-state index in [2.05, 4.69) is 9.88 Å². The van der Waals surface area contributed by atoms with E-state index in [9.17, 15) is 9.18 Å². The van der Waals surface area contributed by atoms with Crippen molar-refractivity contribution in [3.63, 3.8) is 0 Å². The lowest BCUT2D eigenvalue weighted by Crippen LogP contribution is -2.42. The Kier molecular flexibility index (Phi) is 5.47. The molecule has 0 spiro atoms. The summed E-state index contributed by atoms with van der Waals surface area (Å²) in [4.78, 5) is 21.6. The highest BCUT2D eigenvalue weighted by molar-refractivity contribution is 7.22. The van der Waals surface area contributed by atoms with Crippen molar-refractivity contribution in [1.82, 2.24) is 9.88 Å². The molecule has 5 nitrogen and oxygen atoms in total. The molecular formula is C19H24FN3O2S. The summed E-state index contributed by atoms with van der Waals surface area (Å²) in [6.07, 6.45) is 3.92. The summed E-state index contributed by atoms with van der Waals surface area (Å²) in [7, 11) is 0. The van der Waals surface area contributed by atoms with Gasteiger partial charge in [-0.05, 0) is 31.4 Å². The number of carbonyl (C=O) groups is 1. The van der Waals surface area contributed by atoms with Gasteiger partial charge in [-0.3, -0.25) is 14.6 Å². The van der Waals surface area contributed by atoms with Crippen molar-refractivity contribution in [1.29, 1.82) is 0 Å². The average molecular weight is 377 g/mol. The number of benzene rings is 1. The van der Waals surface area contributed by atoms with Crippen LogP contribution in [-0.2, 0) is 9.53 Å². The molecule has 1 saturated carbocycles. The summed E-state index contributed by atoms with van der Waals surface area (Å²) < 4.78 is 20.2. The van der Waals surface area contributed by atoms with Gasteiger partial charge in [0.15, 0.2) is 5.13 Å². The zero-order valence-electron chi connectivity index (χ0n) is 14.8. The number of carbonyl (C=O) groups excluding carboxylic acids is 1. The summed E-state index contributed by atoms with van der Waals surface area (Å²) in [5.74, 6) is -0.0673. The Morgan fingerprint density at radius 1 is 1.35 bits per heavy atom. The molecule has 0 radical (unpaired) electrons. The van der Waals surface area contributed by atoms with Crippen LogP contribution in [0.2, 0.25) is 0 Å². The zero-order valence-corrected chi connectivity index (χ0v) is 15.6. The number of halogens is 1. The maximum absolute atomic E-state index is 14.0. The summed E-state index contributed by atoms with van der Waals surface area (Å²) in [6.45, 7) is 5.03. The second-order valence-electron chi connectivity index (χ2n) is 7.01. The van der Waals surface area contributed by atoms with Crippen LogP contribution in [0, 0.1) is 11.7 Å². The van der Waals surface area contributed by atoms with E-state index in [1.165, 1.54) is 17.4 Å². The first-order valence-corrected chi connectivity index (χ1v) is 10.2. The van der Waals surface area contributed by atoms with Gasteiger partial charge < -0.3 is 4.74 Å². The number of thiazole rings is 1. The molecule has 0 atom stereocenters. The molecule has 1 saturated heterocycles. The quantitative estimate of drug-likeness (QED) is 0.775. The topological polar surface area (TPSA) is 45.7 Å². The van der Waals surface area contributed by atoms with E-state index in [0.717, 1.165) is 63.2 Å². The van der Waals surface area contributed by atoms with Gasteiger partial charge in [0.25, 0.3) is 0 Å². The number of hydrogen-bond donors (Lipinski definition) is 0. The molecule has 0 N–H and O–H groups in total. The van der Waals surface area contributed by atoms with E-state index in [1.807, 2.05) is 6.07 Å². The highest BCUT2D eigenvalue weighted by Gasteiger charge is 2.31. The van der Waals surface area contributed by atoms with Crippen LogP contribution in [0.5, 0.6) is 0 Å². The van der Waals surface area contributed by atoms with Crippen LogP contribution in [0.3, 0.4) is 0 Å². The van der Waals surface area contributed by atoms with Crippen LogP contribution in [0.15, 0.2) is 18.2 Å². The smallest absolute Gasteiger partial charge is 0.231 e. The van der Waals surface area contributed by atoms with E-state index in [1.54, 1.807) is 11.0 Å². The van der Waals surface area contributed by atoms with Crippen LogP contribution < -0.4 is 4.90 Å². The number of amides is 1. The SMILES string of the molecule is O=C(C1CCC1)N(CCCN1CCOCC1)c1nc2c(F)cccc2s1. The van der Waals surface area contributed by atoms with Gasteiger partial charge in [0, 0.05) is 32.1 Å². The van der Waals surface area contributed by atoms with E-state index < -0.39 is 0 Å². The molecule has 140 valence electrons. The van der Waals surface area contributed by atoms with Gasteiger partial charge in [0.1, 0.15) is 11.3 Å². The normalized spacial score (nSPS) is 18.8. The first-order chi connectivity index (χ1) is 12.7. The second kappa shape index (κ2) is 7.98. The Hall–Kier alpha value is -1.57. The number of ether oxygens (including phenoxy) is 1. The monoisotopic (exact) mass is 377 g/mol. The molecule has 7 heteroatoms. The van der Waals surface area contributed by atoms with Gasteiger partial charge in [-0.15, -0.1) is 0 Å². The van der Waals surface area contributed by atoms with Gasteiger partial charge in [0.05, 0.1) is 17.9 Å². The van der Waals surface area contributed by atoms with Crippen LogP contribution in [0.1, 0.15) is 25.7 Å². The number of aromatic nitrogens is 1. The summed E-state index contributed by atoms with van der Waals surface area (Å²) in [5, 5.41) is 0.629. The van der Waals surface area contributed by atoms with Gasteiger partial charge in [-0.1, -0.05) is 23.8 Å². The fourth-order valence-corrected chi connectivity index (χ4v) is 4.48. The number of morpholine rings is 1. The molecule has 4 rings (SSSR count). The Labute approximate surface area is 156 Å². The van der Waals surface area contributed by atoms with Crippen molar-refractivity contribution < 1.29 is 13.9 Å². The number of hydrogen-bond acceptors (Lipinski definition) is 5. The molecule has 0 bridgehead atoms. The number of anilines is 1. The predicted molar refractivity (Wildman–Crippen MR) is 101 cm³/mol. The van der Waals surface area contributed by atoms with E-state index in [4.69, 9.17) is 4.74 Å². The third-order valence-corrected chi connectivity index (χ3v) is 6.31. The molecular weight excluding hydrogens is 353 g/mol. The van der Waals surface area contributed by atoms with Crippen molar-refractivity contribution in [2.45, 2.75) is 25.7 Å². The Bertz CT molecular complexity index is 771. The lowest BCUT2D eigenvalue weighted by atomic mass is 9.84. The van der Waals surface area contributed by atoms with Gasteiger partial charge in [0.2, 0.25) is 5.91 Å². The first-order valence-electron chi connectivity index (χ1n) is 9.39. The lowest BCUT2D eigenvalue weighted by Gasteiger charge is -2.31. The number of rotatable bonds is 6. The molecule has 0 unspecified atom stereocenters. The fraction of sp³-hybridized carbons (Fsp3) is 0.579. The number of para-hydroxylation sites is 1. The molecule has 1 aliphatic carbocycles. The van der Waals surface area contributed by atoms with E-state index in [-0.39, 0.29) is 17.6 Å². The molecule has 1 amide bonds. The van der Waals surface area contributed by atoms with Crippen molar-refractivity contribution in [3.8, 4) is 0 Å². The highest BCUT2D eigenvalue weighted by atomic mass is 32.1. The van der Waals surface area contributed by atoms with Crippen LogP contribution in [-0.4, -0.2) is 55.2 Å². The van der Waals surface area contributed by atoms with Gasteiger partial charge in [-0.2, -0.15) is 0 Å². The van der Waals surface area contributed by atoms with Crippen LogP contribution >= 0.6 is 11.3 Å². The Morgan fingerprint density at radius 2 is 2.15 bits per heavy atom. The van der Waals surface area contributed by atoms with E-state index >= 15 is 0 Å². The third kappa shape index (κ3) is 3.75. The Morgan fingerprint density at radius 3 is 2.85 bits per heavy atom. The number of fused-ring (bicyclic) bond motifs is 1. The largest absolute Gasteiger partial charge is 0.379 e. The summed E-state index contributed by atoms with van der Waals surface area (Å²) in [6, 6.07) is 4.97. The van der Waals surface area contributed by atoms with Crippen molar-refractivity contribution >= 4 is 32.6 Å². The molecule has 2 fully saturated rings. The van der Waals surface area contributed by atoms with E-state index in [0.29, 0.717) is 17.2 Å². The molecule has 2 aliphatic rings. The predicted octanol–water partition coefficient (Wildman–Crippen LogP) is 3.29. The van der Waals surface area contributed by atoms with Crippen molar-refractivity contribution in [2.75, 3.05) is 44.3 Å². The van der Waals surface area contributed by atoms with Gasteiger partial charge in [-0.25, -0.2) is 9.37 Å². The summed E-state index contributed by atoms with van der Waals surface area (Å²) >= 11 is 1.41. The van der Waals surface area contributed by atoms with Crippen molar-refractivity contribution in [3.05, 3.63) is 24.0 Å². The minimum Gasteiger partial charge on any atom is -0.379 e. The zero-order chi connectivity index (χ0) is 17.9. The van der Waals surface area contributed by atoms with Crippen LogP contribution in [0.4, 0.5) is 9.52 Å². The molecule has 2 heterocycles. The molecule has 26 heavy (non-hydrogen) atoms. The minimum atomic E-state index is -0.325. The molecule has 2 aromatic rings. The van der Waals surface area contributed by atoms with Crippen LogP contribution in [0.25, 0.3) is 10.2 Å². The summed E-state index contributed by atoms with van der Waals surface area (Å²) in [5.41, 5.74) is 0.368. The molecule has 1 aliphatic heterocycles. The lowest BCUT2D eigenvalue weighted by molar-refractivity contribution is -0.124. The van der Waals surface area contributed by atoms with Crippen molar-refractivity contribution in [2.24, 2.45) is 5.92 Å². The second-order valence-corrected chi connectivity index (χ2v) is 8.02. The number of nitrogens with zero attached hydrogens (tertiary/aromatic N) is 3. The maximum atomic E-state index is 14.0. The van der Waals surface area contributed by atoms with Gasteiger partial charge >= 0.3 is 0 Å².